The van der Waals surface area contributed by atoms with E-state index in [-0.39, 0.29) is 0 Å². The van der Waals surface area contributed by atoms with Gasteiger partial charge in [0.1, 0.15) is 0 Å². The Balaban J connectivity index is 3.36. The normalized spacial score (nSPS) is 9.75. The number of phenols is 2. The summed E-state index contributed by atoms with van der Waals surface area (Å²) in [7, 11) is 0. The lowest BCUT2D eigenvalue weighted by Crippen LogP contribution is -1.90. The summed E-state index contributed by atoms with van der Waals surface area (Å²) >= 11 is 0. The van der Waals surface area contributed by atoms with Gasteiger partial charge in [0.15, 0.2) is 5.75 Å². The van der Waals surface area contributed by atoms with Gasteiger partial charge in [-0.05, 0) is 6.07 Å². The molecule has 0 bridgehead atoms. The predicted molar refractivity (Wildman–Crippen MR) is 36.4 cm³/mol. The van der Waals surface area contributed by atoms with Crippen LogP contribution in [-0.4, -0.2) is 15.1 Å². The van der Waals surface area contributed by atoms with E-state index in [9.17, 15) is 14.5 Å². The van der Waals surface area contributed by atoms with Crippen LogP contribution in [0.2, 0.25) is 0 Å². The first kappa shape index (κ1) is 8.25. The zero-order valence-electron chi connectivity index (χ0n) is 5.69. The molecule has 0 aliphatic heterocycles. The number of benzene rings is 1. The molecule has 2 N–H and O–H groups in total. The number of rotatable bonds is 1. The molecule has 0 unspecified atom stereocenters. The summed E-state index contributed by atoms with van der Waals surface area (Å²) in [6.07, 6.45) is 0. The lowest BCUT2D eigenvalue weighted by molar-refractivity contribution is -0.386. The van der Waals surface area contributed by atoms with Gasteiger partial charge in [0, 0.05) is 6.07 Å². The highest BCUT2D eigenvalue weighted by molar-refractivity contribution is 5.50. The lowest BCUT2D eigenvalue weighted by Gasteiger charge is -1.98. The van der Waals surface area contributed by atoms with Gasteiger partial charge < -0.3 is 10.2 Å². The Morgan fingerprint density at radius 3 is 2.50 bits per heavy atom. The molecule has 0 aliphatic rings. The molecule has 1 aromatic carbocycles. The van der Waals surface area contributed by atoms with Crippen molar-refractivity contribution in [1.82, 2.24) is 0 Å². The van der Waals surface area contributed by atoms with Crippen molar-refractivity contribution in [2.45, 2.75) is 0 Å². The van der Waals surface area contributed by atoms with Gasteiger partial charge >= 0.3 is 5.69 Å². The minimum atomic E-state index is -1.38. The van der Waals surface area contributed by atoms with Gasteiger partial charge in [-0.25, -0.2) is 0 Å². The van der Waals surface area contributed by atoms with Crippen LogP contribution >= 0.6 is 0 Å². The van der Waals surface area contributed by atoms with Crippen LogP contribution in [0.3, 0.4) is 0 Å². The molecular weight excluding hydrogens is 169 g/mol. The van der Waals surface area contributed by atoms with Crippen LogP contribution in [0.5, 0.6) is 11.5 Å². The standard InChI is InChI=1S/C6H4FNO4/c7-5-4(9)2-1-3(6(5)10)8(11)12/h1-2,9-10H. The molecule has 0 amide bonds. The molecular formula is C6H4FNO4. The highest BCUT2D eigenvalue weighted by Crippen LogP contribution is 2.33. The molecule has 1 rings (SSSR count). The number of aromatic hydroxyl groups is 2. The van der Waals surface area contributed by atoms with Crippen LogP contribution in [0.4, 0.5) is 10.1 Å². The highest BCUT2D eigenvalue weighted by atomic mass is 19.1. The van der Waals surface area contributed by atoms with Crippen molar-refractivity contribution in [3.8, 4) is 11.5 Å². The van der Waals surface area contributed by atoms with Gasteiger partial charge in [-0.2, -0.15) is 4.39 Å². The Bertz CT molecular complexity index is 339. The second-order valence-corrected chi connectivity index (χ2v) is 2.02. The van der Waals surface area contributed by atoms with E-state index in [4.69, 9.17) is 10.2 Å². The van der Waals surface area contributed by atoms with Crippen molar-refractivity contribution >= 4 is 5.69 Å². The average molecular weight is 173 g/mol. The number of nitro groups is 1. The van der Waals surface area contributed by atoms with Crippen LogP contribution in [0.1, 0.15) is 0 Å². The first-order valence-corrected chi connectivity index (χ1v) is 2.89. The van der Waals surface area contributed by atoms with Gasteiger partial charge in [0.2, 0.25) is 11.6 Å². The molecule has 0 fully saturated rings. The Morgan fingerprint density at radius 1 is 1.42 bits per heavy atom. The van der Waals surface area contributed by atoms with Crippen LogP contribution in [-0.2, 0) is 0 Å². The van der Waals surface area contributed by atoms with Gasteiger partial charge in [-0.1, -0.05) is 0 Å². The van der Waals surface area contributed by atoms with Crippen molar-refractivity contribution in [2.75, 3.05) is 0 Å². The minimum Gasteiger partial charge on any atom is -0.505 e. The molecule has 1 aromatic rings. The van der Waals surface area contributed by atoms with E-state index in [0.717, 1.165) is 12.1 Å². The summed E-state index contributed by atoms with van der Waals surface area (Å²) in [5.41, 5.74) is -0.773. The van der Waals surface area contributed by atoms with E-state index in [1.165, 1.54) is 0 Å². The van der Waals surface area contributed by atoms with Crippen LogP contribution in [0, 0.1) is 15.9 Å². The average Bonchev–Trinajstić information content (AvgIpc) is 2.00. The van der Waals surface area contributed by atoms with Crippen molar-refractivity contribution in [2.24, 2.45) is 0 Å². The third-order valence-corrected chi connectivity index (χ3v) is 1.27. The summed E-state index contributed by atoms with van der Waals surface area (Å²) in [4.78, 5) is 9.14. The number of hydrogen-bond acceptors (Lipinski definition) is 4. The van der Waals surface area contributed by atoms with Crippen molar-refractivity contribution < 1.29 is 19.5 Å². The van der Waals surface area contributed by atoms with Crippen LogP contribution in [0.15, 0.2) is 12.1 Å². The molecule has 0 aliphatic carbocycles. The number of nitro benzene ring substituents is 1. The van der Waals surface area contributed by atoms with Gasteiger partial charge in [-0.15, -0.1) is 0 Å². The molecule has 0 radical (unpaired) electrons. The van der Waals surface area contributed by atoms with Gasteiger partial charge in [0.25, 0.3) is 0 Å². The molecule has 0 saturated heterocycles. The second kappa shape index (κ2) is 2.65. The highest BCUT2D eigenvalue weighted by Gasteiger charge is 2.19. The largest absolute Gasteiger partial charge is 0.505 e. The van der Waals surface area contributed by atoms with E-state index in [2.05, 4.69) is 0 Å². The van der Waals surface area contributed by atoms with E-state index in [1.807, 2.05) is 0 Å². The van der Waals surface area contributed by atoms with E-state index in [1.54, 1.807) is 0 Å². The first-order valence-electron chi connectivity index (χ1n) is 2.89. The van der Waals surface area contributed by atoms with E-state index in [0.29, 0.717) is 0 Å². The number of nitrogens with zero attached hydrogens (tertiary/aromatic N) is 1. The minimum absolute atomic E-state index is 0.773. The fraction of sp³-hybridized carbons (Fsp3) is 0. The Labute approximate surface area is 65.8 Å². The Kier molecular flexibility index (Phi) is 1.82. The maximum absolute atomic E-state index is 12.5. The number of hydrogen-bond donors (Lipinski definition) is 2. The third kappa shape index (κ3) is 1.14. The monoisotopic (exact) mass is 173 g/mol. The number of halogens is 1. The first-order chi connectivity index (χ1) is 5.54. The van der Waals surface area contributed by atoms with Crippen molar-refractivity contribution in [1.29, 1.82) is 0 Å². The molecule has 6 heteroatoms. The summed E-state index contributed by atoms with van der Waals surface area (Å²) in [5, 5.41) is 27.5. The summed E-state index contributed by atoms with van der Waals surface area (Å²) in [5.74, 6) is -3.36. The maximum Gasteiger partial charge on any atom is 0.314 e. The van der Waals surface area contributed by atoms with Crippen molar-refractivity contribution in [3.05, 3.63) is 28.1 Å². The topological polar surface area (TPSA) is 83.6 Å². The smallest absolute Gasteiger partial charge is 0.314 e. The molecule has 0 spiro atoms. The fourth-order valence-corrected chi connectivity index (χ4v) is 0.691. The summed E-state index contributed by atoms with van der Waals surface area (Å²) in [6, 6.07) is 1.61. The van der Waals surface area contributed by atoms with Gasteiger partial charge in [0.05, 0.1) is 4.92 Å². The number of phenolic OH excluding ortho intramolecular Hbond substituents is 2. The molecule has 0 heterocycles. The van der Waals surface area contributed by atoms with Crippen LogP contribution < -0.4 is 0 Å². The van der Waals surface area contributed by atoms with Gasteiger partial charge in [-0.3, -0.25) is 10.1 Å². The van der Waals surface area contributed by atoms with Crippen LogP contribution in [0.25, 0.3) is 0 Å². The Morgan fingerprint density at radius 2 is 2.00 bits per heavy atom. The van der Waals surface area contributed by atoms with Crippen molar-refractivity contribution in [3.63, 3.8) is 0 Å². The summed E-state index contributed by atoms with van der Waals surface area (Å²) in [6.45, 7) is 0. The zero-order valence-corrected chi connectivity index (χ0v) is 5.69. The SMILES string of the molecule is O=[N+]([O-])c1ccc(O)c(F)c1O. The van der Waals surface area contributed by atoms with E-state index >= 15 is 0 Å². The fourth-order valence-electron chi connectivity index (χ4n) is 0.691. The molecule has 12 heavy (non-hydrogen) atoms. The molecule has 0 atom stereocenters. The quantitative estimate of drug-likeness (QED) is 0.492. The lowest BCUT2D eigenvalue weighted by atomic mass is 10.2. The predicted octanol–water partition coefficient (Wildman–Crippen LogP) is 1.15. The molecule has 0 aromatic heterocycles. The third-order valence-electron chi connectivity index (χ3n) is 1.27. The second-order valence-electron chi connectivity index (χ2n) is 2.02. The maximum atomic E-state index is 12.5. The molecule has 0 saturated carbocycles. The summed E-state index contributed by atoms with van der Waals surface area (Å²) < 4.78 is 12.5. The van der Waals surface area contributed by atoms with E-state index < -0.39 is 27.9 Å². The Hall–Kier alpha value is -1.85. The zero-order chi connectivity index (χ0) is 9.30. The molecule has 64 valence electrons. The molecule has 5 nitrogen and oxygen atoms in total.